The monoisotopic (exact) mass is 235 g/mol. The fourth-order valence-corrected chi connectivity index (χ4v) is 1.87. The van der Waals surface area contributed by atoms with E-state index in [1.54, 1.807) is 0 Å². The molecule has 1 amide bonds. The number of rotatable bonds is 3. The number of benzene rings is 1. The van der Waals surface area contributed by atoms with Crippen LogP contribution in [0.2, 0.25) is 0 Å². The van der Waals surface area contributed by atoms with Crippen molar-refractivity contribution in [1.82, 2.24) is 5.32 Å². The lowest BCUT2D eigenvalue weighted by Gasteiger charge is -2.13. The molecule has 1 unspecified atom stereocenters. The topological polar surface area (TPSA) is 62.4 Å². The summed E-state index contributed by atoms with van der Waals surface area (Å²) in [6, 6.07) is 8.07. The zero-order chi connectivity index (χ0) is 12.1. The Morgan fingerprint density at radius 3 is 3.00 bits per heavy atom. The average molecular weight is 235 g/mol. The highest BCUT2D eigenvalue weighted by Gasteiger charge is 2.13. The third-order valence-corrected chi connectivity index (χ3v) is 2.73. The molecule has 1 aromatic carbocycles. The number of carbonyl (C=O) groups excluding carboxylic acids is 1. The van der Waals surface area contributed by atoms with Gasteiger partial charge in [0, 0.05) is 24.0 Å². The molecule has 5 nitrogen and oxygen atoms in total. The second-order valence-electron chi connectivity index (χ2n) is 4.03. The van der Waals surface area contributed by atoms with Crippen LogP contribution in [0.15, 0.2) is 24.3 Å². The van der Waals surface area contributed by atoms with Crippen molar-refractivity contribution < 1.29 is 9.53 Å². The third-order valence-electron chi connectivity index (χ3n) is 2.73. The van der Waals surface area contributed by atoms with E-state index in [1.807, 2.05) is 24.3 Å². The SMILES string of the molecule is COC(=O)Nc1cccc(NC2CCNC2)c1. The normalized spacial score (nSPS) is 18.8. The van der Waals surface area contributed by atoms with Crippen molar-refractivity contribution >= 4 is 17.5 Å². The molecule has 1 aromatic rings. The average Bonchev–Trinajstić information content (AvgIpc) is 2.82. The maximum atomic E-state index is 11.1. The van der Waals surface area contributed by atoms with E-state index in [0.717, 1.165) is 30.9 Å². The van der Waals surface area contributed by atoms with Gasteiger partial charge in [-0.1, -0.05) is 6.07 Å². The first-order valence-electron chi connectivity index (χ1n) is 5.70. The zero-order valence-corrected chi connectivity index (χ0v) is 9.82. The van der Waals surface area contributed by atoms with Gasteiger partial charge >= 0.3 is 6.09 Å². The van der Waals surface area contributed by atoms with Gasteiger partial charge in [-0.3, -0.25) is 5.32 Å². The maximum Gasteiger partial charge on any atom is 0.411 e. The molecule has 2 rings (SSSR count). The first kappa shape index (κ1) is 11.7. The minimum Gasteiger partial charge on any atom is -0.453 e. The van der Waals surface area contributed by atoms with Crippen LogP contribution in [-0.4, -0.2) is 32.3 Å². The van der Waals surface area contributed by atoms with Crippen molar-refractivity contribution in [1.29, 1.82) is 0 Å². The van der Waals surface area contributed by atoms with Crippen molar-refractivity contribution in [3.63, 3.8) is 0 Å². The Balaban J connectivity index is 1.97. The predicted molar refractivity (Wildman–Crippen MR) is 67.4 cm³/mol. The van der Waals surface area contributed by atoms with Crippen LogP contribution in [-0.2, 0) is 4.74 Å². The largest absolute Gasteiger partial charge is 0.453 e. The van der Waals surface area contributed by atoms with Crippen molar-refractivity contribution in [2.75, 3.05) is 30.8 Å². The van der Waals surface area contributed by atoms with E-state index in [9.17, 15) is 4.79 Å². The summed E-state index contributed by atoms with van der Waals surface area (Å²) in [6.45, 7) is 2.03. The van der Waals surface area contributed by atoms with Crippen LogP contribution in [0.25, 0.3) is 0 Å². The molecule has 0 aliphatic carbocycles. The van der Waals surface area contributed by atoms with Gasteiger partial charge in [-0.05, 0) is 31.2 Å². The highest BCUT2D eigenvalue weighted by molar-refractivity contribution is 5.85. The summed E-state index contributed by atoms with van der Waals surface area (Å²) in [6.07, 6.45) is 0.666. The van der Waals surface area contributed by atoms with Gasteiger partial charge in [-0.2, -0.15) is 0 Å². The van der Waals surface area contributed by atoms with Crippen LogP contribution in [0.4, 0.5) is 16.2 Å². The number of nitrogens with one attached hydrogen (secondary N) is 3. The molecule has 1 atom stereocenters. The van der Waals surface area contributed by atoms with Gasteiger partial charge in [-0.15, -0.1) is 0 Å². The molecule has 0 saturated carbocycles. The quantitative estimate of drug-likeness (QED) is 0.745. The molecule has 0 spiro atoms. The van der Waals surface area contributed by atoms with Crippen LogP contribution < -0.4 is 16.0 Å². The van der Waals surface area contributed by atoms with Gasteiger partial charge in [-0.25, -0.2) is 4.79 Å². The number of carbonyl (C=O) groups is 1. The van der Waals surface area contributed by atoms with Gasteiger partial charge in [0.1, 0.15) is 0 Å². The number of amides is 1. The molecule has 3 N–H and O–H groups in total. The lowest BCUT2D eigenvalue weighted by atomic mass is 10.2. The molecule has 1 fully saturated rings. The fraction of sp³-hybridized carbons (Fsp3) is 0.417. The summed E-state index contributed by atoms with van der Waals surface area (Å²) in [5.74, 6) is 0. The Hall–Kier alpha value is -1.75. The van der Waals surface area contributed by atoms with Crippen molar-refractivity contribution in [2.45, 2.75) is 12.5 Å². The highest BCUT2D eigenvalue weighted by Crippen LogP contribution is 2.17. The molecule has 92 valence electrons. The van der Waals surface area contributed by atoms with Gasteiger partial charge in [0.15, 0.2) is 0 Å². The Morgan fingerprint density at radius 2 is 2.29 bits per heavy atom. The molecule has 5 heteroatoms. The van der Waals surface area contributed by atoms with Crippen LogP contribution in [0.5, 0.6) is 0 Å². The third kappa shape index (κ3) is 3.35. The van der Waals surface area contributed by atoms with E-state index < -0.39 is 6.09 Å². The molecule has 1 aliphatic rings. The highest BCUT2D eigenvalue weighted by atomic mass is 16.5. The lowest BCUT2D eigenvalue weighted by molar-refractivity contribution is 0.187. The fourth-order valence-electron chi connectivity index (χ4n) is 1.87. The van der Waals surface area contributed by atoms with Crippen molar-refractivity contribution in [2.24, 2.45) is 0 Å². The van der Waals surface area contributed by atoms with E-state index >= 15 is 0 Å². The Bertz CT molecular complexity index is 389. The van der Waals surface area contributed by atoms with Crippen LogP contribution in [0.3, 0.4) is 0 Å². The molecular weight excluding hydrogens is 218 g/mol. The molecule has 1 aliphatic heterocycles. The molecule has 0 bridgehead atoms. The minimum atomic E-state index is -0.454. The summed E-state index contributed by atoms with van der Waals surface area (Å²) in [4.78, 5) is 11.1. The summed E-state index contributed by atoms with van der Waals surface area (Å²) in [7, 11) is 1.35. The zero-order valence-electron chi connectivity index (χ0n) is 9.82. The van der Waals surface area contributed by atoms with Gasteiger partial charge in [0.2, 0.25) is 0 Å². The van der Waals surface area contributed by atoms with Gasteiger partial charge < -0.3 is 15.4 Å². The predicted octanol–water partition coefficient (Wildman–Crippen LogP) is 1.64. The smallest absolute Gasteiger partial charge is 0.411 e. The number of hydrogen-bond acceptors (Lipinski definition) is 4. The maximum absolute atomic E-state index is 11.1. The minimum absolute atomic E-state index is 0.454. The Labute approximate surface area is 101 Å². The summed E-state index contributed by atoms with van der Waals surface area (Å²) >= 11 is 0. The van der Waals surface area contributed by atoms with E-state index in [4.69, 9.17) is 0 Å². The summed E-state index contributed by atoms with van der Waals surface area (Å²) in [5, 5.41) is 9.35. The number of methoxy groups -OCH3 is 1. The van der Waals surface area contributed by atoms with Crippen LogP contribution in [0.1, 0.15) is 6.42 Å². The molecule has 17 heavy (non-hydrogen) atoms. The molecule has 1 heterocycles. The van der Waals surface area contributed by atoms with Crippen LogP contribution >= 0.6 is 0 Å². The Morgan fingerprint density at radius 1 is 1.47 bits per heavy atom. The number of anilines is 2. The lowest BCUT2D eigenvalue weighted by Crippen LogP contribution is -2.22. The van der Waals surface area contributed by atoms with E-state index in [2.05, 4.69) is 20.7 Å². The van der Waals surface area contributed by atoms with E-state index in [0.29, 0.717) is 6.04 Å². The molecular formula is C12H17N3O2. The second kappa shape index (κ2) is 5.54. The standard InChI is InChI=1S/C12H17N3O2/c1-17-12(16)15-10-4-2-3-9(7-10)14-11-5-6-13-8-11/h2-4,7,11,13-14H,5-6,8H2,1H3,(H,15,16). The van der Waals surface area contributed by atoms with Crippen LogP contribution in [0, 0.1) is 0 Å². The number of ether oxygens (including phenoxy) is 1. The van der Waals surface area contributed by atoms with Gasteiger partial charge in [0.25, 0.3) is 0 Å². The Kier molecular flexibility index (Phi) is 3.82. The van der Waals surface area contributed by atoms with Crippen molar-refractivity contribution in [3.8, 4) is 0 Å². The van der Waals surface area contributed by atoms with E-state index in [1.165, 1.54) is 7.11 Å². The summed E-state index contributed by atoms with van der Waals surface area (Å²) in [5.41, 5.74) is 1.74. The first-order valence-corrected chi connectivity index (χ1v) is 5.70. The first-order chi connectivity index (χ1) is 8.28. The molecule has 1 saturated heterocycles. The molecule has 0 radical (unpaired) electrons. The molecule has 0 aromatic heterocycles. The second-order valence-corrected chi connectivity index (χ2v) is 4.03. The number of hydrogen-bond donors (Lipinski definition) is 3. The van der Waals surface area contributed by atoms with Gasteiger partial charge in [0.05, 0.1) is 7.11 Å². The van der Waals surface area contributed by atoms with Crippen molar-refractivity contribution in [3.05, 3.63) is 24.3 Å². The van der Waals surface area contributed by atoms with E-state index in [-0.39, 0.29) is 0 Å². The summed E-state index contributed by atoms with van der Waals surface area (Å²) < 4.78 is 4.55.